The maximum absolute atomic E-state index is 12.8. The Morgan fingerprint density at radius 3 is 2.81 bits per heavy atom. The van der Waals surface area contributed by atoms with E-state index >= 15 is 0 Å². The number of nitrogens with one attached hydrogen (secondary N) is 1. The molecule has 1 rings (SSSR count). The van der Waals surface area contributed by atoms with Crippen molar-refractivity contribution in [2.24, 2.45) is 5.92 Å². The number of amides is 1. The molecular weight excluding hydrogens is 273 g/mol. The molecule has 0 heterocycles. The number of benzene rings is 1. The number of rotatable bonds is 4. The van der Waals surface area contributed by atoms with Crippen LogP contribution in [0.15, 0.2) is 22.7 Å². The molecule has 0 fully saturated rings. The topological polar surface area (TPSA) is 29.1 Å². The van der Waals surface area contributed by atoms with Crippen LogP contribution >= 0.6 is 15.9 Å². The molecule has 2 nitrogen and oxygen atoms in total. The summed E-state index contributed by atoms with van der Waals surface area (Å²) in [5.41, 5.74) is 0.606. The fraction of sp³-hybridized carbons (Fsp3) is 0.417. The van der Waals surface area contributed by atoms with E-state index in [1.807, 2.05) is 13.8 Å². The first-order chi connectivity index (χ1) is 7.52. The highest BCUT2D eigenvalue weighted by molar-refractivity contribution is 9.10. The Labute approximate surface area is 103 Å². The van der Waals surface area contributed by atoms with Gasteiger partial charge in [-0.15, -0.1) is 0 Å². The molecule has 16 heavy (non-hydrogen) atoms. The van der Waals surface area contributed by atoms with E-state index < -0.39 is 0 Å². The Bertz CT molecular complexity index is 381. The highest BCUT2D eigenvalue weighted by Gasteiger charge is 2.09. The van der Waals surface area contributed by atoms with Gasteiger partial charge in [0.1, 0.15) is 5.82 Å². The zero-order valence-electron chi connectivity index (χ0n) is 9.39. The number of anilines is 1. The minimum atomic E-state index is -0.327. The lowest BCUT2D eigenvalue weighted by atomic mass is 10.1. The molecule has 1 amide bonds. The maximum Gasteiger partial charge on any atom is 0.224 e. The van der Waals surface area contributed by atoms with Gasteiger partial charge in [0.05, 0.1) is 5.69 Å². The molecule has 1 atom stereocenters. The molecule has 1 N–H and O–H groups in total. The fourth-order valence-electron chi connectivity index (χ4n) is 1.25. The maximum atomic E-state index is 12.8. The molecule has 0 aliphatic heterocycles. The van der Waals surface area contributed by atoms with Gasteiger partial charge in [0.2, 0.25) is 5.91 Å². The highest BCUT2D eigenvalue weighted by Crippen LogP contribution is 2.23. The largest absolute Gasteiger partial charge is 0.325 e. The zero-order valence-corrected chi connectivity index (χ0v) is 11.0. The van der Waals surface area contributed by atoms with Crippen molar-refractivity contribution in [3.63, 3.8) is 0 Å². The third-order valence-corrected chi connectivity index (χ3v) is 3.09. The van der Waals surface area contributed by atoms with Gasteiger partial charge in [-0.05, 0) is 40.0 Å². The van der Waals surface area contributed by atoms with Crippen molar-refractivity contribution in [1.29, 1.82) is 0 Å². The van der Waals surface area contributed by atoms with Crippen LogP contribution in [0, 0.1) is 11.7 Å². The van der Waals surface area contributed by atoms with Gasteiger partial charge in [0, 0.05) is 10.9 Å². The molecule has 0 saturated carbocycles. The molecule has 1 unspecified atom stereocenters. The summed E-state index contributed by atoms with van der Waals surface area (Å²) in [5, 5.41) is 2.75. The van der Waals surface area contributed by atoms with Crippen molar-refractivity contribution in [1.82, 2.24) is 0 Å². The molecular formula is C12H15BrFNO. The van der Waals surface area contributed by atoms with Gasteiger partial charge >= 0.3 is 0 Å². The third-order valence-electron chi connectivity index (χ3n) is 2.44. The summed E-state index contributed by atoms with van der Waals surface area (Å²) in [6.07, 6.45) is 1.46. The van der Waals surface area contributed by atoms with Crippen LogP contribution in [0.3, 0.4) is 0 Å². The number of carbonyl (C=O) groups excluding carboxylic acids is 1. The van der Waals surface area contributed by atoms with Crippen molar-refractivity contribution in [3.05, 3.63) is 28.5 Å². The van der Waals surface area contributed by atoms with Crippen LogP contribution in [0.2, 0.25) is 0 Å². The van der Waals surface area contributed by atoms with Gasteiger partial charge in [-0.25, -0.2) is 4.39 Å². The SMILES string of the molecule is CCC(C)CC(=O)Nc1ccc(F)cc1Br. The third kappa shape index (κ3) is 3.93. The van der Waals surface area contributed by atoms with Crippen molar-refractivity contribution in [3.8, 4) is 0 Å². The second-order valence-corrected chi connectivity index (χ2v) is 4.74. The second kappa shape index (κ2) is 5.99. The van der Waals surface area contributed by atoms with E-state index in [1.54, 1.807) is 6.07 Å². The standard InChI is InChI=1S/C12H15BrFNO/c1-3-8(2)6-12(16)15-11-5-4-9(14)7-10(11)13/h4-5,7-8H,3,6H2,1-2H3,(H,15,16). The van der Waals surface area contributed by atoms with Crippen molar-refractivity contribution >= 4 is 27.5 Å². The summed E-state index contributed by atoms with van der Waals surface area (Å²) < 4.78 is 13.4. The molecule has 0 spiro atoms. The predicted molar refractivity (Wildman–Crippen MR) is 66.8 cm³/mol. The van der Waals surface area contributed by atoms with E-state index in [0.717, 1.165) is 6.42 Å². The van der Waals surface area contributed by atoms with Crippen molar-refractivity contribution < 1.29 is 9.18 Å². The molecule has 0 aliphatic carbocycles. The monoisotopic (exact) mass is 287 g/mol. The lowest BCUT2D eigenvalue weighted by Gasteiger charge is -2.10. The predicted octanol–water partition coefficient (Wildman–Crippen LogP) is 3.96. The number of hydrogen-bond donors (Lipinski definition) is 1. The van der Waals surface area contributed by atoms with E-state index in [9.17, 15) is 9.18 Å². The molecule has 0 radical (unpaired) electrons. The molecule has 0 bridgehead atoms. The average Bonchev–Trinajstić information content (AvgIpc) is 2.22. The number of halogens is 2. The molecule has 1 aromatic carbocycles. The summed E-state index contributed by atoms with van der Waals surface area (Å²) in [6.45, 7) is 4.07. The first-order valence-electron chi connectivity index (χ1n) is 5.27. The Balaban J connectivity index is 2.63. The average molecular weight is 288 g/mol. The Kier molecular flexibility index (Phi) is 4.93. The van der Waals surface area contributed by atoms with Crippen LogP contribution in [-0.2, 0) is 4.79 Å². The quantitative estimate of drug-likeness (QED) is 0.892. The van der Waals surface area contributed by atoms with Crippen LogP contribution in [0.5, 0.6) is 0 Å². The Hall–Kier alpha value is -0.900. The normalized spacial score (nSPS) is 12.2. The number of hydrogen-bond acceptors (Lipinski definition) is 1. The van der Waals surface area contributed by atoms with Crippen LogP contribution in [0.4, 0.5) is 10.1 Å². The summed E-state index contributed by atoms with van der Waals surface area (Å²) >= 11 is 3.20. The molecule has 88 valence electrons. The lowest BCUT2D eigenvalue weighted by Crippen LogP contribution is -2.15. The van der Waals surface area contributed by atoms with E-state index in [-0.39, 0.29) is 11.7 Å². The highest BCUT2D eigenvalue weighted by atomic mass is 79.9. The van der Waals surface area contributed by atoms with Gasteiger partial charge in [-0.3, -0.25) is 4.79 Å². The van der Waals surface area contributed by atoms with Crippen LogP contribution < -0.4 is 5.32 Å². The van der Waals surface area contributed by atoms with Gasteiger partial charge < -0.3 is 5.32 Å². The van der Waals surface area contributed by atoms with Crippen molar-refractivity contribution in [2.75, 3.05) is 5.32 Å². The van der Waals surface area contributed by atoms with Crippen LogP contribution in [0.25, 0.3) is 0 Å². The summed E-state index contributed by atoms with van der Waals surface area (Å²) in [4.78, 5) is 11.6. The molecule has 4 heteroatoms. The van der Waals surface area contributed by atoms with Gasteiger partial charge in [0.15, 0.2) is 0 Å². The number of carbonyl (C=O) groups is 1. The summed E-state index contributed by atoms with van der Waals surface area (Å²) in [5.74, 6) is -0.00678. The first kappa shape index (κ1) is 13.2. The van der Waals surface area contributed by atoms with Gasteiger partial charge in [0.25, 0.3) is 0 Å². The van der Waals surface area contributed by atoms with E-state index in [2.05, 4.69) is 21.2 Å². The second-order valence-electron chi connectivity index (χ2n) is 3.89. The van der Waals surface area contributed by atoms with E-state index in [0.29, 0.717) is 22.5 Å². The minimum Gasteiger partial charge on any atom is -0.325 e. The summed E-state index contributed by atoms with van der Waals surface area (Å²) in [7, 11) is 0. The van der Waals surface area contributed by atoms with Gasteiger partial charge in [-0.1, -0.05) is 20.3 Å². The molecule has 0 aromatic heterocycles. The van der Waals surface area contributed by atoms with Crippen LogP contribution in [0.1, 0.15) is 26.7 Å². The molecule has 0 aliphatic rings. The smallest absolute Gasteiger partial charge is 0.224 e. The Morgan fingerprint density at radius 1 is 1.56 bits per heavy atom. The summed E-state index contributed by atoms with van der Waals surface area (Å²) in [6, 6.07) is 4.20. The molecule has 0 saturated heterocycles. The van der Waals surface area contributed by atoms with Gasteiger partial charge in [-0.2, -0.15) is 0 Å². The molecule has 1 aromatic rings. The van der Waals surface area contributed by atoms with Crippen LogP contribution in [-0.4, -0.2) is 5.91 Å². The van der Waals surface area contributed by atoms with E-state index in [1.165, 1.54) is 12.1 Å². The first-order valence-corrected chi connectivity index (χ1v) is 6.07. The van der Waals surface area contributed by atoms with Crippen molar-refractivity contribution in [2.45, 2.75) is 26.7 Å². The van der Waals surface area contributed by atoms with E-state index in [4.69, 9.17) is 0 Å². The Morgan fingerprint density at radius 2 is 2.25 bits per heavy atom. The fourth-order valence-corrected chi connectivity index (χ4v) is 1.70. The lowest BCUT2D eigenvalue weighted by molar-refractivity contribution is -0.117. The zero-order chi connectivity index (χ0) is 12.1. The minimum absolute atomic E-state index is 0.0401.